The molecule has 0 aromatic heterocycles. The zero-order valence-electron chi connectivity index (χ0n) is 9.34. The molecule has 0 saturated heterocycles. The van der Waals surface area contributed by atoms with Crippen LogP contribution in [0.2, 0.25) is 0 Å². The third-order valence-electron chi connectivity index (χ3n) is 2.03. The Labute approximate surface area is 85.8 Å². The minimum atomic E-state index is -0.540. The number of hydrogen-bond acceptors (Lipinski definition) is 3. The lowest BCUT2D eigenvalue weighted by molar-refractivity contribution is -0.152. The highest BCUT2D eigenvalue weighted by atomic mass is 16.5. The summed E-state index contributed by atoms with van der Waals surface area (Å²) >= 11 is 0. The van der Waals surface area contributed by atoms with Crippen LogP contribution in [0.15, 0.2) is 0 Å². The molecule has 82 valence electrons. The van der Waals surface area contributed by atoms with Crippen molar-refractivity contribution in [3.05, 3.63) is 0 Å². The Balaban J connectivity index is 4.10. The molecule has 0 N–H and O–H groups in total. The quantitative estimate of drug-likeness (QED) is 0.468. The molecule has 0 bridgehead atoms. The molecule has 1 atom stereocenters. The van der Waals surface area contributed by atoms with E-state index in [0.717, 1.165) is 12.8 Å². The lowest BCUT2D eigenvalue weighted by atomic mass is 9.98. The molecule has 0 fully saturated rings. The van der Waals surface area contributed by atoms with Crippen LogP contribution in [0.5, 0.6) is 0 Å². The summed E-state index contributed by atoms with van der Waals surface area (Å²) in [6.07, 6.45) is 2.60. The van der Waals surface area contributed by atoms with Crippen LogP contribution in [-0.2, 0) is 14.3 Å². The molecule has 0 aliphatic heterocycles. The van der Waals surface area contributed by atoms with Crippen LogP contribution in [-0.4, -0.2) is 18.4 Å². The number of carbonyl (C=O) groups excluding carboxylic acids is 2. The summed E-state index contributed by atoms with van der Waals surface area (Å²) in [5, 5.41) is 0. The van der Waals surface area contributed by atoms with Crippen molar-refractivity contribution in [2.75, 3.05) is 6.61 Å². The Morgan fingerprint density at radius 1 is 1.14 bits per heavy atom. The van der Waals surface area contributed by atoms with Gasteiger partial charge in [0, 0.05) is 6.42 Å². The zero-order chi connectivity index (χ0) is 11.0. The van der Waals surface area contributed by atoms with Gasteiger partial charge in [-0.3, -0.25) is 9.59 Å². The molecule has 1 unspecified atom stereocenters. The fraction of sp³-hybridized carbons (Fsp3) is 0.818. The molecule has 0 heterocycles. The Bertz CT molecular complexity index is 187. The van der Waals surface area contributed by atoms with Crippen LogP contribution < -0.4 is 0 Å². The predicted molar refractivity (Wildman–Crippen MR) is 54.9 cm³/mol. The number of ether oxygens (including phenoxy) is 1. The maximum absolute atomic E-state index is 11.5. The molecule has 0 saturated carbocycles. The van der Waals surface area contributed by atoms with Crippen LogP contribution in [0, 0.1) is 5.92 Å². The summed E-state index contributed by atoms with van der Waals surface area (Å²) in [6, 6.07) is 0. The van der Waals surface area contributed by atoms with Gasteiger partial charge in [-0.25, -0.2) is 0 Å². The lowest BCUT2D eigenvalue weighted by Crippen LogP contribution is -2.25. The average molecular weight is 200 g/mol. The van der Waals surface area contributed by atoms with Gasteiger partial charge in [0.1, 0.15) is 11.7 Å². The largest absolute Gasteiger partial charge is 0.465 e. The number of rotatable bonds is 7. The first kappa shape index (κ1) is 13.1. The zero-order valence-corrected chi connectivity index (χ0v) is 9.34. The third kappa shape index (κ3) is 4.40. The van der Waals surface area contributed by atoms with Crippen molar-refractivity contribution in [1.29, 1.82) is 0 Å². The summed E-state index contributed by atoms with van der Waals surface area (Å²) < 4.78 is 4.95. The minimum absolute atomic E-state index is 0.0103. The van der Waals surface area contributed by atoms with Gasteiger partial charge in [0.2, 0.25) is 0 Å². The molecule has 0 rings (SSSR count). The second-order valence-corrected chi connectivity index (χ2v) is 3.34. The Morgan fingerprint density at radius 3 is 2.21 bits per heavy atom. The average Bonchev–Trinajstić information content (AvgIpc) is 2.16. The second-order valence-electron chi connectivity index (χ2n) is 3.34. The van der Waals surface area contributed by atoms with Crippen molar-refractivity contribution in [3.8, 4) is 0 Å². The van der Waals surface area contributed by atoms with Crippen molar-refractivity contribution < 1.29 is 14.3 Å². The SMILES string of the molecule is CCCOC(=O)C(CC)C(=O)CCC. The van der Waals surface area contributed by atoms with Crippen molar-refractivity contribution >= 4 is 11.8 Å². The molecule has 3 heteroatoms. The lowest BCUT2D eigenvalue weighted by Gasteiger charge is -2.12. The van der Waals surface area contributed by atoms with E-state index in [9.17, 15) is 9.59 Å². The highest BCUT2D eigenvalue weighted by Gasteiger charge is 2.24. The van der Waals surface area contributed by atoms with E-state index in [2.05, 4.69) is 0 Å². The third-order valence-corrected chi connectivity index (χ3v) is 2.03. The van der Waals surface area contributed by atoms with E-state index >= 15 is 0 Å². The fourth-order valence-corrected chi connectivity index (χ4v) is 1.25. The molecule has 0 aliphatic carbocycles. The summed E-state index contributed by atoms with van der Waals surface area (Å²) in [4.78, 5) is 22.9. The summed E-state index contributed by atoms with van der Waals surface area (Å²) in [6.45, 7) is 6.12. The molecule has 14 heavy (non-hydrogen) atoms. The smallest absolute Gasteiger partial charge is 0.316 e. The molecular formula is C11H20O3. The maximum atomic E-state index is 11.5. The topological polar surface area (TPSA) is 43.4 Å². The van der Waals surface area contributed by atoms with Gasteiger partial charge in [0.25, 0.3) is 0 Å². The number of Topliss-reactive ketones (excluding diaryl/α,β-unsaturated/α-hetero) is 1. The van der Waals surface area contributed by atoms with Crippen molar-refractivity contribution in [3.63, 3.8) is 0 Å². The molecule has 0 aliphatic rings. The summed E-state index contributed by atoms with van der Waals surface area (Å²) in [7, 11) is 0. The maximum Gasteiger partial charge on any atom is 0.316 e. The van der Waals surface area contributed by atoms with Crippen LogP contribution in [0.4, 0.5) is 0 Å². The van der Waals surface area contributed by atoms with Gasteiger partial charge in [-0.1, -0.05) is 20.8 Å². The van der Waals surface area contributed by atoms with Crippen LogP contribution >= 0.6 is 0 Å². The van der Waals surface area contributed by atoms with Crippen LogP contribution in [0.25, 0.3) is 0 Å². The van der Waals surface area contributed by atoms with Gasteiger partial charge in [0.15, 0.2) is 0 Å². The Kier molecular flexibility index (Phi) is 7.07. The predicted octanol–water partition coefficient (Wildman–Crippen LogP) is 2.33. The minimum Gasteiger partial charge on any atom is -0.465 e. The summed E-state index contributed by atoms with van der Waals surface area (Å²) in [5.74, 6) is -0.884. The number of carbonyl (C=O) groups is 2. The van der Waals surface area contributed by atoms with E-state index in [0.29, 0.717) is 19.4 Å². The summed E-state index contributed by atoms with van der Waals surface area (Å²) in [5.41, 5.74) is 0. The number of ketones is 1. The monoisotopic (exact) mass is 200 g/mol. The van der Waals surface area contributed by atoms with Gasteiger partial charge in [-0.2, -0.15) is 0 Å². The normalized spacial score (nSPS) is 12.2. The highest BCUT2D eigenvalue weighted by Crippen LogP contribution is 2.10. The molecule has 0 radical (unpaired) electrons. The molecular weight excluding hydrogens is 180 g/mol. The first-order valence-corrected chi connectivity index (χ1v) is 5.36. The van der Waals surface area contributed by atoms with E-state index in [4.69, 9.17) is 4.74 Å². The molecule has 0 amide bonds. The number of hydrogen-bond donors (Lipinski definition) is 0. The van der Waals surface area contributed by atoms with Crippen LogP contribution in [0.1, 0.15) is 46.5 Å². The Hall–Kier alpha value is -0.860. The van der Waals surface area contributed by atoms with E-state index in [1.807, 2.05) is 20.8 Å². The number of esters is 1. The standard InChI is InChI=1S/C11H20O3/c1-4-7-10(12)9(6-3)11(13)14-8-5-2/h9H,4-8H2,1-3H3. The van der Waals surface area contributed by atoms with Crippen molar-refractivity contribution in [1.82, 2.24) is 0 Å². The van der Waals surface area contributed by atoms with Crippen LogP contribution in [0.3, 0.4) is 0 Å². The van der Waals surface area contributed by atoms with Gasteiger partial charge in [-0.05, 0) is 19.3 Å². The van der Waals surface area contributed by atoms with Gasteiger partial charge in [-0.15, -0.1) is 0 Å². The fourth-order valence-electron chi connectivity index (χ4n) is 1.25. The van der Waals surface area contributed by atoms with Crippen molar-refractivity contribution in [2.45, 2.75) is 46.5 Å². The van der Waals surface area contributed by atoms with E-state index in [-0.39, 0.29) is 11.8 Å². The first-order chi connectivity index (χ1) is 6.67. The molecule has 0 aromatic rings. The van der Waals surface area contributed by atoms with Gasteiger partial charge < -0.3 is 4.74 Å². The molecule has 3 nitrogen and oxygen atoms in total. The van der Waals surface area contributed by atoms with Gasteiger partial charge in [0.05, 0.1) is 6.61 Å². The van der Waals surface area contributed by atoms with Crippen molar-refractivity contribution in [2.24, 2.45) is 5.92 Å². The molecule has 0 aromatic carbocycles. The van der Waals surface area contributed by atoms with E-state index in [1.165, 1.54) is 0 Å². The molecule has 0 spiro atoms. The van der Waals surface area contributed by atoms with Gasteiger partial charge >= 0.3 is 5.97 Å². The van der Waals surface area contributed by atoms with E-state index < -0.39 is 5.92 Å². The first-order valence-electron chi connectivity index (χ1n) is 5.36. The Morgan fingerprint density at radius 2 is 1.79 bits per heavy atom. The second kappa shape index (κ2) is 7.54. The van der Waals surface area contributed by atoms with E-state index in [1.54, 1.807) is 0 Å². The highest BCUT2D eigenvalue weighted by molar-refractivity contribution is 5.98.